The lowest BCUT2D eigenvalue weighted by molar-refractivity contribution is -0.146. The van der Waals surface area contributed by atoms with Crippen LogP contribution in [0.25, 0.3) is 0 Å². The number of thioether (sulfide) groups is 1. The SMILES string of the molecule is CSCC[C@@H]1NC(=O)[C@H]([C@@H](C)O)NC(=O)[C@H](C)N(C(=O)C2CCOCC2)CC[C@H]2CC=C(CCn3cc(nn3)CNC1=O)C2(C)C. The van der Waals surface area contributed by atoms with Crippen molar-refractivity contribution >= 4 is 35.4 Å². The Hall–Kier alpha value is -2.97. The van der Waals surface area contributed by atoms with Crippen LogP contribution in [0.1, 0.15) is 71.9 Å². The molecule has 1 aliphatic carbocycles. The molecule has 1 fully saturated rings. The fourth-order valence-corrected chi connectivity index (χ4v) is 7.10. The average Bonchev–Trinajstić information content (AvgIpc) is 3.61. The second-order valence-electron chi connectivity index (χ2n) is 13.3. The number of rotatable bonds is 5. The van der Waals surface area contributed by atoms with E-state index in [-0.39, 0.29) is 29.7 Å². The number of carbonyl (C=O) groups is 4. The molecule has 1 aromatic rings. The first-order chi connectivity index (χ1) is 21.9. The van der Waals surface area contributed by atoms with Gasteiger partial charge in [-0.15, -0.1) is 5.10 Å². The number of nitrogens with one attached hydrogen (secondary N) is 3. The van der Waals surface area contributed by atoms with Crippen LogP contribution in [0, 0.1) is 17.3 Å². The van der Waals surface area contributed by atoms with Crippen molar-refractivity contribution in [1.29, 1.82) is 0 Å². The number of carbonyl (C=O) groups excluding carboxylic acids is 4. The number of nitrogens with zero attached hydrogens (tertiary/aromatic N) is 4. The molecule has 0 aromatic carbocycles. The van der Waals surface area contributed by atoms with Crippen LogP contribution >= 0.6 is 11.8 Å². The maximum atomic E-state index is 13.9. The van der Waals surface area contributed by atoms with Crippen molar-refractivity contribution < 1.29 is 29.0 Å². The van der Waals surface area contributed by atoms with Gasteiger partial charge in [0.05, 0.1) is 18.8 Å². The zero-order valence-corrected chi connectivity index (χ0v) is 28.6. The van der Waals surface area contributed by atoms with Crippen LogP contribution < -0.4 is 16.0 Å². The molecule has 4 bridgehead atoms. The highest BCUT2D eigenvalue weighted by molar-refractivity contribution is 7.98. The molecule has 46 heavy (non-hydrogen) atoms. The maximum Gasteiger partial charge on any atom is 0.245 e. The molecule has 3 heterocycles. The van der Waals surface area contributed by atoms with Crippen molar-refractivity contribution in [3.05, 3.63) is 23.5 Å². The van der Waals surface area contributed by atoms with E-state index in [1.54, 1.807) is 16.5 Å². The maximum absolute atomic E-state index is 13.9. The number of aliphatic hydroxyl groups is 1. The van der Waals surface area contributed by atoms with Crippen LogP contribution in [0.2, 0.25) is 0 Å². The Morgan fingerprint density at radius 2 is 1.87 bits per heavy atom. The Labute approximate surface area is 276 Å². The third-order valence-corrected chi connectivity index (χ3v) is 10.5. The van der Waals surface area contributed by atoms with Gasteiger partial charge in [-0.25, -0.2) is 0 Å². The van der Waals surface area contributed by atoms with Crippen molar-refractivity contribution in [2.45, 2.75) is 104 Å². The Balaban J connectivity index is 1.62. The minimum absolute atomic E-state index is 0.0952. The van der Waals surface area contributed by atoms with Crippen LogP contribution in [0.5, 0.6) is 0 Å². The molecule has 0 spiro atoms. The third kappa shape index (κ3) is 8.88. The van der Waals surface area contributed by atoms with Crippen molar-refractivity contribution in [2.24, 2.45) is 17.3 Å². The second kappa shape index (κ2) is 16.2. The molecule has 4 amide bonds. The van der Waals surface area contributed by atoms with Crippen LogP contribution in [0.15, 0.2) is 17.8 Å². The summed E-state index contributed by atoms with van der Waals surface area (Å²) in [5, 5.41) is 27.3. The van der Waals surface area contributed by atoms with Gasteiger partial charge in [-0.05, 0) is 75.7 Å². The van der Waals surface area contributed by atoms with Crippen molar-refractivity contribution in [2.75, 3.05) is 31.8 Å². The molecule has 5 atom stereocenters. The van der Waals surface area contributed by atoms with Gasteiger partial charge in [-0.1, -0.05) is 30.7 Å². The summed E-state index contributed by atoms with van der Waals surface area (Å²) < 4.78 is 7.27. The second-order valence-corrected chi connectivity index (χ2v) is 14.3. The minimum atomic E-state index is -1.32. The molecular formula is C32H51N7O6S. The number of aryl methyl sites for hydroxylation is 1. The number of hydrogen-bond donors (Lipinski definition) is 4. The lowest BCUT2D eigenvalue weighted by Gasteiger charge is -2.37. The highest BCUT2D eigenvalue weighted by Gasteiger charge is 2.40. The normalized spacial score (nSPS) is 27.9. The molecule has 0 radical (unpaired) electrons. The summed E-state index contributed by atoms with van der Waals surface area (Å²) in [7, 11) is 0. The van der Waals surface area contributed by atoms with Crippen LogP contribution in [0.4, 0.5) is 0 Å². The summed E-state index contributed by atoms with van der Waals surface area (Å²) in [5.74, 6) is -1.08. The molecule has 1 saturated heterocycles. The standard InChI is InChI=1S/C32H51N7O6S/c1-20-28(41)35-27(21(2)40)30(43)34-26(12-17-46-5)29(42)33-18-25-19-38(37-36-25)13-8-23-6-7-24(32(23,3)4)9-14-39(20)31(44)22-10-15-45-16-11-22/h6,19-22,24,26-27,40H,7-18H2,1-5H3,(H,33,42)(H,34,43)(H,35,41)/t20-,21+,24+,26-,27-/m0/s1. The summed E-state index contributed by atoms with van der Waals surface area (Å²) in [6.07, 6.45) is 8.67. The minimum Gasteiger partial charge on any atom is -0.391 e. The number of ether oxygens (including phenoxy) is 1. The highest BCUT2D eigenvalue weighted by atomic mass is 32.2. The van der Waals surface area contributed by atoms with E-state index >= 15 is 0 Å². The van der Waals surface area contributed by atoms with Gasteiger partial charge in [0, 0.05) is 32.2 Å². The fraction of sp³-hybridized carbons (Fsp3) is 0.750. The van der Waals surface area contributed by atoms with Crippen molar-refractivity contribution in [3.63, 3.8) is 0 Å². The lowest BCUT2D eigenvalue weighted by atomic mass is 9.74. The van der Waals surface area contributed by atoms with Crippen molar-refractivity contribution in [1.82, 2.24) is 35.8 Å². The first kappa shape index (κ1) is 35.9. The summed E-state index contributed by atoms with van der Waals surface area (Å²) in [4.78, 5) is 56.0. The molecule has 4 rings (SSSR count). The number of aliphatic hydroxyl groups excluding tert-OH is 1. The number of amides is 4. The van der Waals surface area contributed by atoms with E-state index in [0.29, 0.717) is 63.4 Å². The molecule has 2 aliphatic heterocycles. The molecule has 256 valence electrons. The molecule has 1 aromatic heterocycles. The van der Waals surface area contributed by atoms with E-state index in [1.807, 2.05) is 12.5 Å². The zero-order chi connectivity index (χ0) is 33.4. The van der Waals surface area contributed by atoms with Gasteiger partial charge in [0.15, 0.2) is 0 Å². The van der Waals surface area contributed by atoms with E-state index in [1.165, 1.54) is 24.3 Å². The Morgan fingerprint density at radius 3 is 2.57 bits per heavy atom. The van der Waals surface area contributed by atoms with E-state index in [0.717, 1.165) is 12.8 Å². The Morgan fingerprint density at radius 1 is 1.13 bits per heavy atom. The van der Waals surface area contributed by atoms with E-state index < -0.39 is 42.0 Å². The zero-order valence-electron chi connectivity index (χ0n) is 27.8. The van der Waals surface area contributed by atoms with Gasteiger partial charge in [-0.2, -0.15) is 11.8 Å². The largest absolute Gasteiger partial charge is 0.391 e. The molecular weight excluding hydrogens is 610 g/mol. The Kier molecular flexibility index (Phi) is 12.7. The van der Waals surface area contributed by atoms with Crippen molar-refractivity contribution in [3.8, 4) is 0 Å². The first-order valence-electron chi connectivity index (χ1n) is 16.4. The molecule has 13 nitrogen and oxygen atoms in total. The van der Waals surface area contributed by atoms with Crippen LogP contribution in [0.3, 0.4) is 0 Å². The number of aromatic nitrogens is 3. The van der Waals surface area contributed by atoms with Crippen LogP contribution in [-0.4, -0.2) is 105 Å². The monoisotopic (exact) mass is 661 g/mol. The smallest absolute Gasteiger partial charge is 0.245 e. The van der Waals surface area contributed by atoms with E-state index in [2.05, 4.69) is 46.2 Å². The predicted molar refractivity (Wildman–Crippen MR) is 174 cm³/mol. The molecule has 4 N–H and O–H groups in total. The fourth-order valence-electron chi connectivity index (χ4n) is 6.63. The summed E-state index contributed by atoms with van der Waals surface area (Å²) in [6.45, 7) is 9.70. The van der Waals surface area contributed by atoms with Gasteiger partial charge in [-0.3, -0.25) is 23.9 Å². The average molecular weight is 662 g/mol. The number of allylic oxidation sites excluding steroid dienone is 2. The lowest BCUT2D eigenvalue weighted by Crippen LogP contribution is -2.60. The topological polar surface area (TPSA) is 168 Å². The predicted octanol–water partition coefficient (Wildman–Crippen LogP) is 1.41. The summed E-state index contributed by atoms with van der Waals surface area (Å²) >= 11 is 1.54. The van der Waals surface area contributed by atoms with Gasteiger partial charge in [0.2, 0.25) is 23.6 Å². The highest BCUT2D eigenvalue weighted by Crippen LogP contribution is 2.46. The first-order valence-corrected chi connectivity index (χ1v) is 17.8. The van der Waals surface area contributed by atoms with Gasteiger partial charge in [0.25, 0.3) is 0 Å². The summed E-state index contributed by atoms with van der Waals surface area (Å²) in [6, 6.07) is -3.10. The van der Waals surface area contributed by atoms with E-state index in [4.69, 9.17) is 4.74 Å². The Bertz CT molecular complexity index is 1260. The van der Waals surface area contributed by atoms with Gasteiger partial charge in [0.1, 0.15) is 23.8 Å². The molecule has 0 saturated carbocycles. The number of fused-ring (bicyclic) bond motifs is 4. The van der Waals surface area contributed by atoms with E-state index in [9.17, 15) is 24.3 Å². The molecule has 14 heteroatoms. The van der Waals surface area contributed by atoms with Gasteiger partial charge < -0.3 is 30.7 Å². The molecule has 3 aliphatic rings. The molecule has 0 unspecified atom stereocenters. The number of hydrogen-bond acceptors (Lipinski definition) is 9. The van der Waals surface area contributed by atoms with Crippen LogP contribution in [-0.2, 0) is 37.0 Å². The summed E-state index contributed by atoms with van der Waals surface area (Å²) in [5.41, 5.74) is 1.81. The van der Waals surface area contributed by atoms with Gasteiger partial charge >= 0.3 is 0 Å². The quantitative estimate of drug-likeness (QED) is 0.341. The third-order valence-electron chi connectivity index (χ3n) is 9.86.